The van der Waals surface area contributed by atoms with E-state index in [-0.39, 0.29) is 11.8 Å². The van der Waals surface area contributed by atoms with Crippen LogP contribution in [-0.4, -0.2) is 32.1 Å². The second-order valence-corrected chi connectivity index (χ2v) is 6.09. The molecule has 0 radical (unpaired) electrons. The molecule has 0 bridgehead atoms. The van der Waals surface area contributed by atoms with Gasteiger partial charge < -0.3 is 15.4 Å². The van der Waals surface area contributed by atoms with Crippen molar-refractivity contribution in [3.63, 3.8) is 0 Å². The molecule has 1 saturated carbocycles. The Morgan fingerprint density at radius 2 is 2.04 bits per heavy atom. The molecule has 2 rings (SSSR count). The van der Waals surface area contributed by atoms with Crippen LogP contribution >= 0.6 is 0 Å². The lowest BCUT2D eigenvalue weighted by Crippen LogP contribution is -2.25. The first kappa shape index (κ1) is 17.5. The topological polar surface area (TPSA) is 67.4 Å². The van der Waals surface area contributed by atoms with Crippen molar-refractivity contribution in [1.29, 1.82) is 0 Å². The number of amides is 2. The zero-order valence-corrected chi connectivity index (χ0v) is 13.8. The first-order valence-corrected chi connectivity index (χ1v) is 8.36. The third-order valence-corrected chi connectivity index (χ3v) is 4.17. The summed E-state index contributed by atoms with van der Waals surface area (Å²) in [5.74, 6) is 0.421. The number of rotatable bonds is 8. The molecule has 0 spiro atoms. The highest BCUT2D eigenvalue weighted by Crippen LogP contribution is 2.27. The SMILES string of the molecule is COCCCNC(=O)c1cccc(NC(=O)CC2CCCC2)c1. The molecule has 0 aromatic heterocycles. The van der Waals surface area contributed by atoms with Crippen LogP contribution in [-0.2, 0) is 9.53 Å². The van der Waals surface area contributed by atoms with Gasteiger partial charge in [-0.25, -0.2) is 0 Å². The highest BCUT2D eigenvalue weighted by molar-refractivity contribution is 5.97. The predicted octanol–water partition coefficient (Wildman–Crippen LogP) is 2.97. The van der Waals surface area contributed by atoms with E-state index in [1.165, 1.54) is 12.8 Å². The summed E-state index contributed by atoms with van der Waals surface area (Å²) in [6.45, 7) is 1.20. The number of benzene rings is 1. The molecule has 5 heteroatoms. The van der Waals surface area contributed by atoms with E-state index in [1.54, 1.807) is 25.3 Å². The predicted molar refractivity (Wildman–Crippen MR) is 90.5 cm³/mol. The molecule has 2 amide bonds. The van der Waals surface area contributed by atoms with Gasteiger partial charge in [0.15, 0.2) is 0 Å². The third kappa shape index (κ3) is 6.02. The normalized spacial score (nSPS) is 14.7. The number of ether oxygens (including phenoxy) is 1. The van der Waals surface area contributed by atoms with E-state index in [0.29, 0.717) is 36.7 Å². The Balaban J connectivity index is 1.83. The first-order valence-electron chi connectivity index (χ1n) is 8.36. The average Bonchev–Trinajstić information content (AvgIpc) is 3.04. The quantitative estimate of drug-likeness (QED) is 0.724. The smallest absolute Gasteiger partial charge is 0.251 e. The number of hydrogen-bond acceptors (Lipinski definition) is 3. The largest absolute Gasteiger partial charge is 0.385 e. The average molecular weight is 318 g/mol. The van der Waals surface area contributed by atoms with E-state index in [9.17, 15) is 9.59 Å². The van der Waals surface area contributed by atoms with E-state index in [2.05, 4.69) is 10.6 Å². The lowest BCUT2D eigenvalue weighted by Gasteiger charge is -2.11. The Kier molecular flexibility index (Phi) is 7.07. The molecule has 1 aromatic carbocycles. The summed E-state index contributed by atoms with van der Waals surface area (Å²) in [6, 6.07) is 7.07. The number of nitrogens with one attached hydrogen (secondary N) is 2. The van der Waals surface area contributed by atoms with Crippen molar-refractivity contribution in [2.24, 2.45) is 5.92 Å². The molecular weight excluding hydrogens is 292 g/mol. The summed E-state index contributed by atoms with van der Waals surface area (Å²) in [4.78, 5) is 24.1. The molecule has 0 atom stereocenters. The Bertz CT molecular complexity index is 525. The standard InChI is InChI=1S/C18H26N2O3/c1-23-11-5-10-19-18(22)15-8-4-9-16(13-15)20-17(21)12-14-6-2-3-7-14/h4,8-9,13-14H,2-3,5-7,10-12H2,1H3,(H,19,22)(H,20,21). The maximum Gasteiger partial charge on any atom is 0.251 e. The molecule has 0 aliphatic heterocycles. The summed E-state index contributed by atoms with van der Waals surface area (Å²) < 4.78 is 4.95. The Labute approximate surface area is 137 Å². The Morgan fingerprint density at radius 3 is 2.78 bits per heavy atom. The maximum absolute atomic E-state index is 12.1. The molecule has 0 heterocycles. The number of methoxy groups -OCH3 is 1. The highest BCUT2D eigenvalue weighted by Gasteiger charge is 2.18. The van der Waals surface area contributed by atoms with Gasteiger partial charge in [-0.2, -0.15) is 0 Å². The van der Waals surface area contributed by atoms with Crippen molar-refractivity contribution in [3.05, 3.63) is 29.8 Å². The van der Waals surface area contributed by atoms with Gasteiger partial charge in [0.1, 0.15) is 0 Å². The zero-order chi connectivity index (χ0) is 16.5. The number of anilines is 1. The summed E-state index contributed by atoms with van der Waals surface area (Å²) in [5.41, 5.74) is 1.23. The van der Waals surface area contributed by atoms with Crippen LogP contribution in [0.2, 0.25) is 0 Å². The van der Waals surface area contributed by atoms with Crippen molar-refractivity contribution in [3.8, 4) is 0 Å². The summed E-state index contributed by atoms with van der Waals surface area (Å²) >= 11 is 0. The van der Waals surface area contributed by atoms with Crippen molar-refractivity contribution < 1.29 is 14.3 Å². The Hall–Kier alpha value is -1.88. The summed E-state index contributed by atoms with van der Waals surface area (Å²) in [7, 11) is 1.64. The van der Waals surface area contributed by atoms with Gasteiger partial charge >= 0.3 is 0 Å². The zero-order valence-electron chi connectivity index (χ0n) is 13.8. The van der Waals surface area contributed by atoms with Gasteiger partial charge in [0.2, 0.25) is 5.91 Å². The number of carbonyl (C=O) groups excluding carboxylic acids is 2. The Morgan fingerprint density at radius 1 is 1.26 bits per heavy atom. The number of hydrogen-bond donors (Lipinski definition) is 2. The monoisotopic (exact) mass is 318 g/mol. The fourth-order valence-corrected chi connectivity index (χ4v) is 2.95. The molecule has 1 aliphatic rings. The molecule has 126 valence electrons. The number of carbonyl (C=O) groups is 2. The molecule has 0 saturated heterocycles. The van der Waals surface area contributed by atoms with Gasteiger partial charge in [0.25, 0.3) is 5.91 Å². The molecule has 1 aliphatic carbocycles. The first-order chi connectivity index (χ1) is 11.2. The molecule has 0 unspecified atom stereocenters. The van der Waals surface area contributed by atoms with Crippen molar-refractivity contribution >= 4 is 17.5 Å². The lowest BCUT2D eigenvalue weighted by molar-refractivity contribution is -0.117. The third-order valence-electron chi connectivity index (χ3n) is 4.17. The van der Waals surface area contributed by atoms with Gasteiger partial charge in [0, 0.05) is 37.9 Å². The van der Waals surface area contributed by atoms with E-state index >= 15 is 0 Å². The molecule has 1 fully saturated rings. The van der Waals surface area contributed by atoms with E-state index < -0.39 is 0 Å². The minimum absolute atomic E-state index is 0.0366. The molecule has 1 aromatic rings. The van der Waals surface area contributed by atoms with Gasteiger partial charge in [-0.3, -0.25) is 9.59 Å². The summed E-state index contributed by atoms with van der Waals surface area (Å²) in [6.07, 6.45) is 6.12. The van der Waals surface area contributed by atoms with Crippen molar-refractivity contribution in [2.45, 2.75) is 38.5 Å². The van der Waals surface area contributed by atoms with E-state index in [0.717, 1.165) is 19.3 Å². The van der Waals surface area contributed by atoms with Crippen LogP contribution in [0.3, 0.4) is 0 Å². The highest BCUT2D eigenvalue weighted by atomic mass is 16.5. The van der Waals surface area contributed by atoms with Crippen LogP contribution in [0.1, 0.15) is 48.9 Å². The second-order valence-electron chi connectivity index (χ2n) is 6.09. The fourth-order valence-electron chi connectivity index (χ4n) is 2.95. The van der Waals surface area contributed by atoms with E-state index in [4.69, 9.17) is 4.74 Å². The van der Waals surface area contributed by atoms with Gasteiger partial charge in [-0.15, -0.1) is 0 Å². The minimum Gasteiger partial charge on any atom is -0.385 e. The van der Waals surface area contributed by atoms with Gasteiger partial charge in [-0.05, 0) is 43.4 Å². The van der Waals surface area contributed by atoms with Crippen molar-refractivity contribution in [2.75, 3.05) is 25.6 Å². The fraction of sp³-hybridized carbons (Fsp3) is 0.556. The van der Waals surface area contributed by atoms with Gasteiger partial charge in [-0.1, -0.05) is 18.9 Å². The van der Waals surface area contributed by atoms with Crippen LogP contribution in [0.15, 0.2) is 24.3 Å². The second kappa shape index (κ2) is 9.30. The van der Waals surface area contributed by atoms with Crippen LogP contribution in [0.25, 0.3) is 0 Å². The molecule has 23 heavy (non-hydrogen) atoms. The van der Waals surface area contributed by atoms with Gasteiger partial charge in [0.05, 0.1) is 0 Å². The van der Waals surface area contributed by atoms with Crippen LogP contribution in [0.4, 0.5) is 5.69 Å². The lowest BCUT2D eigenvalue weighted by atomic mass is 10.0. The molecule has 5 nitrogen and oxygen atoms in total. The van der Waals surface area contributed by atoms with Crippen LogP contribution in [0, 0.1) is 5.92 Å². The molecular formula is C18H26N2O3. The van der Waals surface area contributed by atoms with E-state index in [1.807, 2.05) is 6.07 Å². The van der Waals surface area contributed by atoms with Crippen molar-refractivity contribution in [1.82, 2.24) is 5.32 Å². The van der Waals surface area contributed by atoms with Crippen LogP contribution in [0.5, 0.6) is 0 Å². The van der Waals surface area contributed by atoms with Crippen LogP contribution < -0.4 is 10.6 Å². The summed E-state index contributed by atoms with van der Waals surface area (Å²) in [5, 5.41) is 5.74. The maximum atomic E-state index is 12.1. The molecule has 2 N–H and O–H groups in total. The minimum atomic E-state index is -0.131.